The Morgan fingerprint density at radius 3 is 2.31 bits per heavy atom. The fourth-order valence-electron chi connectivity index (χ4n) is 4.22. The van der Waals surface area contributed by atoms with Crippen molar-refractivity contribution in [2.45, 2.75) is 23.4 Å². The molecule has 0 spiro atoms. The molecule has 4 aromatic rings. The van der Waals surface area contributed by atoms with Crippen LogP contribution in [-0.2, 0) is 26.0 Å². The minimum Gasteiger partial charge on any atom is -0.379 e. The minimum absolute atomic E-state index is 0.147. The number of nitrogens with zero attached hydrogens (tertiary/aromatic N) is 4. The summed E-state index contributed by atoms with van der Waals surface area (Å²) in [4.78, 5) is 12.9. The Hall–Kier alpha value is -3.51. The second-order valence-corrected chi connectivity index (χ2v) is 11.8. The molecule has 1 saturated heterocycles. The van der Waals surface area contributed by atoms with E-state index in [4.69, 9.17) is 4.74 Å². The molecule has 5 rings (SSSR count). The number of ether oxygens (including phenoxy) is 1. The van der Waals surface area contributed by atoms with Crippen LogP contribution in [0.25, 0.3) is 17.1 Å². The van der Waals surface area contributed by atoms with Crippen LogP contribution < -0.4 is 5.32 Å². The third-order valence-electron chi connectivity index (χ3n) is 6.35. The zero-order chi connectivity index (χ0) is 27.2. The largest absolute Gasteiger partial charge is 0.379 e. The van der Waals surface area contributed by atoms with E-state index in [1.54, 1.807) is 24.3 Å². The number of anilines is 1. The SMILES string of the molecule is CCc1ccc(NC(=O)CSc2nnc(-c3ccc(S(=O)(=O)N4CCOCC4)cc3)n2-c2ccccc2)cc1. The van der Waals surface area contributed by atoms with Gasteiger partial charge in [-0.1, -0.05) is 49.0 Å². The van der Waals surface area contributed by atoms with Gasteiger partial charge < -0.3 is 10.1 Å². The molecule has 1 N–H and O–H groups in total. The number of aromatic nitrogens is 3. The smallest absolute Gasteiger partial charge is 0.243 e. The predicted molar refractivity (Wildman–Crippen MR) is 152 cm³/mol. The lowest BCUT2D eigenvalue weighted by Gasteiger charge is -2.26. The van der Waals surface area contributed by atoms with E-state index in [9.17, 15) is 13.2 Å². The van der Waals surface area contributed by atoms with Gasteiger partial charge in [0.2, 0.25) is 15.9 Å². The first kappa shape index (κ1) is 27.1. The third-order valence-corrected chi connectivity index (χ3v) is 9.19. The summed E-state index contributed by atoms with van der Waals surface area (Å²) in [5.74, 6) is 0.553. The summed E-state index contributed by atoms with van der Waals surface area (Å²) in [7, 11) is -3.60. The van der Waals surface area contributed by atoms with Crippen LogP contribution >= 0.6 is 11.8 Å². The van der Waals surface area contributed by atoms with Crippen LogP contribution in [-0.4, -0.2) is 65.5 Å². The number of hydrogen-bond acceptors (Lipinski definition) is 7. The van der Waals surface area contributed by atoms with Crippen LogP contribution in [0.5, 0.6) is 0 Å². The number of amides is 1. The van der Waals surface area contributed by atoms with Crippen LogP contribution in [0.15, 0.2) is 88.9 Å². The molecular formula is C28H29N5O4S2. The number of nitrogens with one attached hydrogen (secondary N) is 1. The minimum atomic E-state index is -3.60. The molecule has 0 bridgehead atoms. The fraction of sp³-hybridized carbons (Fsp3) is 0.250. The molecule has 3 aromatic carbocycles. The molecule has 39 heavy (non-hydrogen) atoms. The number of thioether (sulfide) groups is 1. The lowest BCUT2D eigenvalue weighted by atomic mass is 10.1. The number of sulfonamides is 1. The Bertz CT molecular complexity index is 1520. The lowest BCUT2D eigenvalue weighted by molar-refractivity contribution is -0.113. The highest BCUT2D eigenvalue weighted by Gasteiger charge is 2.26. The number of aryl methyl sites for hydroxylation is 1. The summed E-state index contributed by atoms with van der Waals surface area (Å²) in [5, 5.41) is 12.3. The molecule has 0 radical (unpaired) electrons. The number of carbonyl (C=O) groups excluding carboxylic acids is 1. The van der Waals surface area contributed by atoms with Gasteiger partial charge in [-0.2, -0.15) is 4.31 Å². The van der Waals surface area contributed by atoms with Gasteiger partial charge in [-0.05, 0) is 60.5 Å². The van der Waals surface area contributed by atoms with Crippen LogP contribution in [0.2, 0.25) is 0 Å². The molecule has 202 valence electrons. The van der Waals surface area contributed by atoms with E-state index < -0.39 is 10.0 Å². The average Bonchev–Trinajstić information content (AvgIpc) is 3.41. The zero-order valence-electron chi connectivity index (χ0n) is 21.5. The van der Waals surface area contributed by atoms with Gasteiger partial charge >= 0.3 is 0 Å². The van der Waals surface area contributed by atoms with Crippen LogP contribution in [0, 0.1) is 0 Å². The average molecular weight is 564 g/mol. The molecule has 0 saturated carbocycles. The van der Waals surface area contributed by atoms with E-state index in [0.717, 1.165) is 17.8 Å². The van der Waals surface area contributed by atoms with Crippen molar-refractivity contribution in [2.75, 3.05) is 37.4 Å². The Morgan fingerprint density at radius 1 is 0.949 bits per heavy atom. The van der Waals surface area contributed by atoms with E-state index in [1.165, 1.54) is 21.6 Å². The van der Waals surface area contributed by atoms with E-state index in [0.29, 0.717) is 42.8 Å². The highest BCUT2D eigenvalue weighted by molar-refractivity contribution is 7.99. The quantitative estimate of drug-likeness (QED) is 0.304. The van der Waals surface area contributed by atoms with E-state index in [2.05, 4.69) is 22.4 Å². The first-order chi connectivity index (χ1) is 19.0. The maximum atomic E-state index is 13.0. The Labute approximate surface area is 232 Å². The summed E-state index contributed by atoms with van der Waals surface area (Å²) < 4.78 is 34.7. The van der Waals surface area contributed by atoms with Gasteiger partial charge in [-0.3, -0.25) is 9.36 Å². The summed E-state index contributed by atoms with van der Waals surface area (Å²) in [5.41, 5.74) is 3.49. The molecule has 0 aliphatic carbocycles. The third kappa shape index (κ3) is 6.22. The summed E-state index contributed by atoms with van der Waals surface area (Å²) >= 11 is 1.28. The molecule has 9 nitrogen and oxygen atoms in total. The Kier molecular flexibility index (Phi) is 8.41. The van der Waals surface area contributed by atoms with E-state index >= 15 is 0 Å². The number of rotatable bonds is 9. The molecule has 1 amide bonds. The molecule has 11 heteroatoms. The fourth-order valence-corrected chi connectivity index (χ4v) is 6.38. The van der Waals surface area contributed by atoms with Crippen LogP contribution in [0.4, 0.5) is 5.69 Å². The highest BCUT2D eigenvalue weighted by atomic mass is 32.2. The van der Waals surface area contributed by atoms with Crippen molar-refractivity contribution in [1.29, 1.82) is 0 Å². The number of morpholine rings is 1. The van der Waals surface area contributed by atoms with Crippen molar-refractivity contribution in [3.05, 3.63) is 84.4 Å². The molecule has 1 aromatic heterocycles. The van der Waals surface area contributed by atoms with Gasteiger partial charge in [-0.25, -0.2) is 8.42 Å². The number of hydrogen-bond donors (Lipinski definition) is 1. The number of para-hydroxylation sites is 1. The van der Waals surface area contributed by atoms with Crippen molar-refractivity contribution >= 4 is 33.4 Å². The van der Waals surface area contributed by atoms with Gasteiger partial charge in [0.05, 0.1) is 23.9 Å². The Balaban J connectivity index is 1.37. The molecule has 2 heterocycles. The van der Waals surface area contributed by atoms with Crippen molar-refractivity contribution in [2.24, 2.45) is 0 Å². The summed E-state index contributed by atoms with van der Waals surface area (Å²) in [6.45, 7) is 3.54. The molecule has 1 aliphatic heterocycles. The summed E-state index contributed by atoms with van der Waals surface area (Å²) in [6, 6.07) is 24.1. The van der Waals surface area contributed by atoms with E-state index in [-0.39, 0.29) is 16.6 Å². The van der Waals surface area contributed by atoms with Gasteiger partial charge in [0, 0.05) is 30.0 Å². The monoisotopic (exact) mass is 563 g/mol. The lowest BCUT2D eigenvalue weighted by Crippen LogP contribution is -2.40. The van der Waals surface area contributed by atoms with Crippen molar-refractivity contribution in [3.63, 3.8) is 0 Å². The molecule has 1 fully saturated rings. The topological polar surface area (TPSA) is 106 Å². The molecule has 1 aliphatic rings. The maximum Gasteiger partial charge on any atom is 0.243 e. The van der Waals surface area contributed by atoms with Crippen LogP contribution in [0.1, 0.15) is 12.5 Å². The van der Waals surface area contributed by atoms with Crippen LogP contribution in [0.3, 0.4) is 0 Å². The first-order valence-electron chi connectivity index (χ1n) is 12.7. The summed E-state index contributed by atoms with van der Waals surface area (Å²) in [6.07, 6.45) is 0.938. The van der Waals surface area contributed by atoms with Gasteiger partial charge in [0.1, 0.15) is 0 Å². The van der Waals surface area contributed by atoms with Crippen molar-refractivity contribution in [3.8, 4) is 17.1 Å². The predicted octanol–water partition coefficient (Wildman–Crippen LogP) is 4.25. The maximum absolute atomic E-state index is 13.0. The second-order valence-electron chi connectivity index (χ2n) is 8.91. The number of benzene rings is 3. The van der Waals surface area contributed by atoms with Gasteiger partial charge in [0.25, 0.3) is 0 Å². The van der Waals surface area contributed by atoms with Gasteiger partial charge in [0.15, 0.2) is 11.0 Å². The number of carbonyl (C=O) groups is 1. The zero-order valence-corrected chi connectivity index (χ0v) is 23.1. The normalized spacial score (nSPS) is 14.3. The highest BCUT2D eigenvalue weighted by Crippen LogP contribution is 2.29. The first-order valence-corrected chi connectivity index (χ1v) is 15.1. The van der Waals surface area contributed by atoms with Crippen molar-refractivity contribution in [1.82, 2.24) is 19.1 Å². The molecule has 0 atom stereocenters. The Morgan fingerprint density at radius 2 is 1.64 bits per heavy atom. The molecular weight excluding hydrogens is 534 g/mol. The van der Waals surface area contributed by atoms with Gasteiger partial charge in [-0.15, -0.1) is 10.2 Å². The van der Waals surface area contributed by atoms with E-state index in [1.807, 2.05) is 59.2 Å². The standard InChI is InChI=1S/C28H29N5O4S2/c1-2-21-8-12-23(13-9-21)29-26(34)20-38-28-31-30-27(33(28)24-6-4-3-5-7-24)22-10-14-25(15-11-22)39(35,36)32-16-18-37-19-17-32/h3-15H,2,16-20H2,1H3,(H,29,34). The van der Waals surface area contributed by atoms with Crippen molar-refractivity contribution < 1.29 is 17.9 Å². The molecule has 0 unspecified atom stereocenters. The second kappa shape index (κ2) is 12.1.